The molecule has 6 rings (SSSR count). The number of benzene rings is 5. The molecule has 0 aliphatic heterocycles. The van der Waals surface area contributed by atoms with Gasteiger partial charge in [0.05, 0.1) is 6.04 Å². The molecule has 2 atom stereocenters. The fourth-order valence-electron chi connectivity index (χ4n) is 6.05. The molecule has 5 aromatic carbocycles. The molecule has 2 unspecified atom stereocenters. The van der Waals surface area contributed by atoms with E-state index in [0.29, 0.717) is 0 Å². The zero-order valence-electron chi connectivity index (χ0n) is 31.3. The standard InChI is InChI=1S/C40H41N3.C7H8.CH5N/c1-4-5-16-37(41)33-13-9-14-34(27-33)39(43)32-22-24-40(3,25-23-32)28(2)26-36-35(15-10-17-38(36)42)31-20-18-30(19-21-31)29-11-7-6-8-12-29;1-7-5-3-2-4-6-7;1-2/h4-24,26-27,39H,25,41-43H2,1-3H3;2-6H,1H3;2H2,1H3/b5-4-,28-26+,37-16-;;. The third-order valence-corrected chi connectivity index (χ3v) is 9.46. The molecular weight excluding hydrogens is 633 g/mol. The minimum atomic E-state index is -0.227. The Balaban J connectivity index is 0.000000594. The van der Waals surface area contributed by atoms with E-state index in [1.165, 1.54) is 29.3 Å². The van der Waals surface area contributed by atoms with E-state index in [4.69, 9.17) is 17.2 Å². The Bertz CT molecular complexity index is 2030. The van der Waals surface area contributed by atoms with Crippen LogP contribution in [-0.2, 0) is 0 Å². The molecule has 8 N–H and O–H groups in total. The van der Waals surface area contributed by atoms with Crippen LogP contribution in [0.3, 0.4) is 0 Å². The van der Waals surface area contributed by atoms with Crippen LogP contribution < -0.4 is 22.9 Å². The van der Waals surface area contributed by atoms with Crippen molar-refractivity contribution in [3.05, 3.63) is 197 Å². The molecule has 0 aromatic heterocycles. The minimum Gasteiger partial charge on any atom is -0.398 e. The van der Waals surface area contributed by atoms with Crippen LogP contribution in [0.25, 0.3) is 34.0 Å². The van der Waals surface area contributed by atoms with E-state index >= 15 is 0 Å². The van der Waals surface area contributed by atoms with E-state index < -0.39 is 0 Å². The van der Waals surface area contributed by atoms with Crippen molar-refractivity contribution < 1.29 is 0 Å². The van der Waals surface area contributed by atoms with E-state index in [9.17, 15) is 0 Å². The molecule has 0 saturated carbocycles. The molecule has 0 amide bonds. The molecule has 1 aliphatic rings. The summed E-state index contributed by atoms with van der Waals surface area (Å²) in [5, 5.41) is 0. The van der Waals surface area contributed by atoms with Gasteiger partial charge in [-0.1, -0.05) is 170 Å². The molecule has 5 aromatic rings. The maximum absolute atomic E-state index is 6.75. The molecule has 0 radical (unpaired) electrons. The van der Waals surface area contributed by atoms with Crippen molar-refractivity contribution in [3.63, 3.8) is 0 Å². The largest absolute Gasteiger partial charge is 0.398 e. The minimum absolute atomic E-state index is 0.151. The summed E-state index contributed by atoms with van der Waals surface area (Å²) >= 11 is 0. The first kappa shape index (κ1) is 39.1. The normalized spacial score (nSPS) is 16.2. The van der Waals surface area contributed by atoms with E-state index in [1.807, 2.05) is 73.7 Å². The lowest BCUT2D eigenvalue weighted by Crippen LogP contribution is -2.20. The highest BCUT2D eigenvalue weighted by Crippen LogP contribution is 2.41. The number of hydrogen-bond acceptors (Lipinski definition) is 4. The molecule has 0 heterocycles. The summed E-state index contributed by atoms with van der Waals surface area (Å²) in [6.45, 7) is 8.53. The van der Waals surface area contributed by atoms with E-state index in [0.717, 1.165) is 51.2 Å². The van der Waals surface area contributed by atoms with Crippen LogP contribution >= 0.6 is 0 Å². The van der Waals surface area contributed by atoms with Gasteiger partial charge in [-0.25, -0.2) is 0 Å². The summed E-state index contributed by atoms with van der Waals surface area (Å²) in [7, 11) is 1.50. The number of allylic oxidation sites excluding steroid dienone is 6. The Labute approximate surface area is 311 Å². The number of aryl methyl sites for hydroxylation is 1. The molecule has 0 fully saturated rings. The highest BCUT2D eigenvalue weighted by atomic mass is 14.6. The lowest BCUT2D eigenvalue weighted by molar-refractivity contribution is 0.515. The molecule has 0 bridgehead atoms. The lowest BCUT2D eigenvalue weighted by Gasteiger charge is -2.31. The fourth-order valence-corrected chi connectivity index (χ4v) is 6.05. The summed E-state index contributed by atoms with van der Waals surface area (Å²) in [6, 6.07) is 43.5. The summed E-state index contributed by atoms with van der Waals surface area (Å²) in [5.41, 5.74) is 36.9. The lowest BCUT2D eigenvalue weighted by atomic mass is 9.74. The number of nitrogen functional groups attached to an aromatic ring is 1. The number of hydrogen-bond donors (Lipinski definition) is 4. The zero-order valence-corrected chi connectivity index (χ0v) is 31.3. The van der Waals surface area contributed by atoms with Gasteiger partial charge in [-0.15, -0.1) is 0 Å². The second kappa shape index (κ2) is 19.1. The molecule has 266 valence electrons. The zero-order chi connectivity index (χ0) is 37.5. The van der Waals surface area contributed by atoms with Gasteiger partial charge in [0.15, 0.2) is 0 Å². The van der Waals surface area contributed by atoms with Crippen molar-refractivity contribution in [1.29, 1.82) is 0 Å². The average molecular weight is 687 g/mol. The highest BCUT2D eigenvalue weighted by molar-refractivity contribution is 5.84. The van der Waals surface area contributed by atoms with Gasteiger partial charge >= 0.3 is 0 Å². The van der Waals surface area contributed by atoms with Gasteiger partial charge in [-0.2, -0.15) is 0 Å². The summed E-state index contributed by atoms with van der Waals surface area (Å²) in [6.07, 6.45) is 15.7. The van der Waals surface area contributed by atoms with Gasteiger partial charge in [0, 0.05) is 22.4 Å². The van der Waals surface area contributed by atoms with Crippen LogP contribution in [0.5, 0.6) is 0 Å². The first-order valence-electron chi connectivity index (χ1n) is 17.8. The number of anilines is 1. The van der Waals surface area contributed by atoms with Crippen LogP contribution in [-0.4, -0.2) is 7.05 Å². The first-order chi connectivity index (χ1) is 25.2. The average Bonchev–Trinajstić information content (AvgIpc) is 3.19. The highest BCUT2D eigenvalue weighted by Gasteiger charge is 2.27. The van der Waals surface area contributed by atoms with Crippen LogP contribution in [0, 0.1) is 12.3 Å². The monoisotopic (exact) mass is 686 g/mol. The van der Waals surface area contributed by atoms with Crippen LogP contribution in [0.1, 0.15) is 55.5 Å². The van der Waals surface area contributed by atoms with Crippen LogP contribution in [0.4, 0.5) is 5.69 Å². The first-order valence-corrected chi connectivity index (χ1v) is 17.8. The molecule has 0 saturated heterocycles. The van der Waals surface area contributed by atoms with Gasteiger partial charge in [0.1, 0.15) is 0 Å². The van der Waals surface area contributed by atoms with Crippen molar-refractivity contribution in [2.75, 3.05) is 12.8 Å². The number of rotatable bonds is 8. The van der Waals surface area contributed by atoms with Crippen molar-refractivity contribution >= 4 is 17.5 Å². The second-order valence-electron chi connectivity index (χ2n) is 13.1. The maximum Gasteiger partial charge on any atom is 0.0548 e. The Morgan fingerprint density at radius 3 is 1.98 bits per heavy atom. The van der Waals surface area contributed by atoms with Crippen LogP contribution in [0.15, 0.2) is 175 Å². The van der Waals surface area contributed by atoms with Gasteiger partial charge in [0.2, 0.25) is 0 Å². The number of nitrogens with two attached hydrogens (primary N) is 4. The van der Waals surface area contributed by atoms with Crippen molar-refractivity contribution in [2.24, 2.45) is 22.6 Å². The molecule has 0 spiro atoms. The van der Waals surface area contributed by atoms with Gasteiger partial charge in [-0.05, 0) is 91.4 Å². The van der Waals surface area contributed by atoms with E-state index in [1.54, 1.807) is 0 Å². The third kappa shape index (κ3) is 10.2. The quantitative estimate of drug-likeness (QED) is 0.0963. The SMILES string of the molecule is C/C=C\C=C(/N)c1cccc(C(N)C2=CCC(C)(/C(C)=C/c3c(N)cccc3-c3ccc(-c4ccccc4)cc3)C=C2)c1.CN.Cc1ccccc1. The Morgan fingerprint density at radius 2 is 1.38 bits per heavy atom. The summed E-state index contributed by atoms with van der Waals surface area (Å²) < 4.78 is 0. The maximum atomic E-state index is 6.75. The van der Waals surface area contributed by atoms with Gasteiger partial charge in [-0.3, -0.25) is 0 Å². The van der Waals surface area contributed by atoms with Crippen LogP contribution in [0.2, 0.25) is 0 Å². The Hall–Kier alpha value is -5.68. The summed E-state index contributed by atoms with van der Waals surface area (Å²) in [5.74, 6) is 0. The second-order valence-corrected chi connectivity index (χ2v) is 13.1. The van der Waals surface area contributed by atoms with E-state index in [2.05, 4.69) is 130 Å². The molecule has 4 nitrogen and oxygen atoms in total. The summed E-state index contributed by atoms with van der Waals surface area (Å²) in [4.78, 5) is 0. The molecular formula is C48H54N4. The molecule has 52 heavy (non-hydrogen) atoms. The predicted molar refractivity (Wildman–Crippen MR) is 227 cm³/mol. The Morgan fingerprint density at radius 1 is 0.769 bits per heavy atom. The third-order valence-electron chi connectivity index (χ3n) is 9.46. The van der Waals surface area contributed by atoms with Gasteiger partial charge < -0.3 is 22.9 Å². The van der Waals surface area contributed by atoms with Crippen molar-refractivity contribution in [2.45, 2.75) is 40.2 Å². The smallest absolute Gasteiger partial charge is 0.0548 e. The van der Waals surface area contributed by atoms with Crippen molar-refractivity contribution in [1.82, 2.24) is 0 Å². The predicted octanol–water partition coefficient (Wildman–Crippen LogP) is 11.0. The Kier molecular flexibility index (Phi) is 14.3. The van der Waals surface area contributed by atoms with Crippen molar-refractivity contribution in [3.8, 4) is 22.3 Å². The molecule has 1 aliphatic carbocycles. The topological polar surface area (TPSA) is 104 Å². The fraction of sp³-hybridized carbons (Fsp3) is 0.167. The molecule has 4 heteroatoms. The van der Waals surface area contributed by atoms with E-state index in [-0.39, 0.29) is 11.5 Å². The van der Waals surface area contributed by atoms with Gasteiger partial charge in [0.25, 0.3) is 0 Å².